The lowest BCUT2D eigenvalue weighted by molar-refractivity contribution is -0.105. The van der Waals surface area contributed by atoms with Gasteiger partial charge in [-0.15, -0.1) is 0 Å². The summed E-state index contributed by atoms with van der Waals surface area (Å²) in [7, 11) is 0. The Bertz CT molecular complexity index is 425. The van der Waals surface area contributed by atoms with Crippen LogP contribution in [0.4, 0.5) is 5.88 Å². The fraction of sp³-hybridized carbons (Fsp3) is 0.533. The molecular formula is C15H21NO2. The summed E-state index contributed by atoms with van der Waals surface area (Å²) in [5.41, 5.74) is 0.773. The molecule has 98 valence electrons. The summed E-state index contributed by atoms with van der Waals surface area (Å²) in [4.78, 5) is 13.2. The van der Waals surface area contributed by atoms with E-state index in [-0.39, 0.29) is 5.92 Å². The van der Waals surface area contributed by atoms with E-state index < -0.39 is 0 Å². The lowest BCUT2D eigenvalue weighted by atomic mass is 10.0. The maximum absolute atomic E-state index is 10.9. The zero-order chi connectivity index (χ0) is 13.0. The smallest absolute Gasteiger partial charge is 0.196 e. The molecule has 2 heterocycles. The Morgan fingerprint density at radius 2 is 2.00 bits per heavy atom. The van der Waals surface area contributed by atoms with E-state index in [1.165, 1.54) is 19.3 Å². The zero-order valence-electron chi connectivity index (χ0n) is 11.2. The van der Waals surface area contributed by atoms with Crippen LogP contribution in [0.1, 0.15) is 38.9 Å². The molecule has 0 atom stereocenters. The SMILES string of the molecule is CC(C)C(C=O)=Cc1ccc(N2CCCCC2)o1. The highest BCUT2D eigenvalue weighted by atomic mass is 16.4. The number of nitrogens with zero attached hydrogens (tertiary/aromatic N) is 1. The zero-order valence-corrected chi connectivity index (χ0v) is 11.2. The second-order valence-corrected chi connectivity index (χ2v) is 5.14. The molecule has 1 saturated heterocycles. The summed E-state index contributed by atoms with van der Waals surface area (Å²) in [6.07, 6.45) is 6.53. The van der Waals surface area contributed by atoms with Crippen LogP contribution in [-0.4, -0.2) is 19.4 Å². The van der Waals surface area contributed by atoms with Crippen LogP contribution < -0.4 is 4.90 Å². The normalized spacial score (nSPS) is 17.3. The molecule has 0 aromatic carbocycles. The molecule has 2 rings (SSSR count). The highest BCUT2D eigenvalue weighted by Gasteiger charge is 2.14. The van der Waals surface area contributed by atoms with Gasteiger partial charge in [-0.25, -0.2) is 0 Å². The van der Waals surface area contributed by atoms with Crippen molar-refractivity contribution in [3.8, 4) is 0 Å². The third-order valence-corrected chi connectivity index (χ3v) is 3.39. The Labute approximate surface area is 108 Å². The fourth-order valence-corrected chi connectivity index (χ4v) is 2.21. The molecule has 1 aliphatic rings. The van der Waals surface area contributed by atoms with Gasteiger partial charge in [0.1, 0.15) is 12.0 Å². The van der Waals surface area contributed by atoms with Crippen molar-refractivity contribution in [1.29, 1.82) is 0 Å². The van der Waals surface area contributed by atoms with E-state index in [1.807, 2.05) is 32.1 Å². The van der Waals surface area contributed by atoms with Crippen LogP contribution in [-0.2, 0) is 4.79 Å². The molecule has 1 aliphatic heterocycles. The third kappa shape index (κ3) is 3.03. The molecule has 0 N–H and O–H groups in total. The number of hydrogen-bond acceptors (Lipinski definition) is 3. The molecule has 0 radical (unpaired) electrons. The standard InChI is InChI=1S/C15H21NO2/c1-12(2)13(11-17)10-14-6-7-15(18-14)16-8-4-3-5-9-16/h6-7,10-12H,3-5,8-9H2,1-2H3. The average molecular weight is 247 g/mol. The van der Waals surface area contributed by atoms with Gasteiger partial charge in [0.25, 0.3) is 0 Å². The Balaban J connectivity index is 2.12. The molecule has 0 unspecified atom stereocenters. The van der Waals surface area contributed by atoms with Crippen molar-refractivity contribution in [3.05, 3.63) is 23.5 Å². The van der Waals surface area contributed by atoms with Gasteiger partial charge in [0.2, 0.25) is 0 Å². The van der Waals surface area contributed by atoms with Crippen LogP contribution in [0.2, 0.25) is 0 Å². The molecule has 1 aromatic rings. The lowest BCUT2D eigenvalue weighted by Crippen LogP contribution is -2.28. The Morgan fingerprint density at radius 3 is 2.61 bits per heavy atom. The third-order valence-electron chi connectivity index (χ3n) is 3.39. The Kier molecular flexibility index (Phi) is 4.24. The van der Waals surface area contributed by atoms with Gasteiger partial charge in [0.15, 0.2) is 5.88 Å². The van der Waals surface area contributed by atoms with E-state index in [9.17, 15) is 4.79 Å². The van der Waals surface area contributed by atoms with Gasteiger partial charge in [-0.3, -0.25) is 4.79 Å². The van der Waals surface area contributed by atoms with Gasteiger partial charge >= 0.3 is 0 Å². The predicted octanol–water partition coefficient (Wildman–Crippen LogP) is 3.51. The van der Waals surface area contributed by atoms with Crippen molar-refractivity contribution in [2.75, 3.05) is 18.0 Å². The van der Waals surface area contributed by atoms with E-state index >= 15 is 0 Å². The topological polar surface area (TPSA) is 33.5 Å². The number of carbonyl (C=O) groups excluding carboxylic acids is 1. The second kappa shape index (κ2) is 5.89. The first-order valence-corrected chi connectivity index (χ1v) is 6.72. The number of piperidine rings is 1. The highest BCUT2D eigenvalue weighted by Crippen LogP contribution is 2.24. The summed E-state index contributed by atoms with van der Waals surface area (Å²) in [6, 6.07) is 3.94. The maximum Gasteiger partial charge on any atom is 0.196 e. The first-order chi connectivity index (χ1) is 8.70. The average Bonchev–Trinajstić information content (AvgIpc) is 2.85. The number of furan rings is 1. The lowest BCUT2D eigenvalue weighted by Gasteiger charge is -2.25. The monoisotopic (exact) mass is 247 g/mol. The van der Waals surface area contributed by atoms with E-state index in [0.29, 0.717) is 0 Å². The number of anilines is 1. The summed E-state index contributed by atoms with van der Waals surface area (Å²) < 4.78 is 5.80. The van der Waals surface area contributed by atoms with Gasteiger partial charge in [0.05, 0.1) is 0 Å². The highest BCUT2D eigenvalue weighted by molar-refractivity contribution is 5.81. The van der Waals surface area contributed by atoms with Gasteiger partial charge in [-0.1, -0.05) is 13.8 Å². The van der Waals surface area contributed by atoms with E-state index in [4.69, 9.17) is 4.42 Å². The number of carbonyl (C=O) groups is 1. The molecular weight excluding hydrogens is 226 g/mol. The quantitative estimate of drug-likeness (QED) is 0.603. The van der Waals surface area contributed by atoms with Crippen LogP contribution in [0, 0.1) is 5.92 Å². The summed E-state index contributed by atoms with van der Waals surface area (Å²) in [5.74, 6) is 1.92. The summed E-state index contributed by atoms with van der Waals surface area (Å²) >= 11 is 0. The number of rotatable bonds is 4. The van der Waals surface area contributed by atoms with Crippen LogP contribution in [0.25, 0.3) is 6.08 Å². The largest absolute Gasteiger partial charge is 0.441 e. The van der Waals surface area contributed by atoms with Crippen LogP contribution in [0.5, 0.6) is 0 Å². The summed E-state index contributed by atoms with van der Waals surface area (Å²) in [5, 5.41) is 0. The van der Waals surface area contributed by atoms with Crippen molar-refractivity contribution in [3.63, 3.8) is 0 Å². The van der Waals surface area contributed by atoms with Gasteiger partial charge in [-0.2, -0.15) is 0 Å². The molecule has 0 bridgehead atoms. The van der Waals surface area contributed by atoms with Crippen LogP contribution in [0.3, 0.4) is 0 Å². The first kappa shape index (κ1) is 12.9. The molecule has 0 amide bonds. The van der Waals surface area contributed by atoms with Crippen molar-refractivity contribution in [1.82, 2.24) is 0 Å². The molecule has 3 nitrogen and oxygen atoms in total. The number of hydrogen-bond donors (Lipinski definition) is 0. The second-order valence-electron chi connectivity index (χ2n) is 5.14. The summed E-state index contributed by atoms with van der Waals surface area (Å²) in [6.45, 7) is 6.16. The van der Waals surface area contributed by atoms with Gasteiger partial charge < -0.3 is 9.32 Å². The van der Waals surface area contributed by atoms with Crippen molar-refractivity contribution in [2.24, 2.45) is 5.92 Å². The van der Waals surface area contributed by atoms with E-state index in [1.54, 1.807) is 0 Å². The predicted molar refractivity (Wildman–Crippen MR) is 73.7 cm³/mol. The molecule has 0 aliphatic carbocycles. The molecule has 1 fully saturated rings. The van der Waals surface area contributed by atoms with Crippen LogP contribution in [0.15, 0.2) is 22.1 Å². The minimum absolute atomic E-state index is 0.228. The van der Waals surface area contributed by atoms with Gasteiger partial charge in [0, 0.05) is 19.2 Å². The van der Waals surface area contributed by atoms with Crippen molar-refractivity contribution in [2.45, 2.75) is 33.1 Å². The van der Waals surface area contributed by atoms with E-state index in [0.717, 1.165) is 36.6 Å². The molecule has 18 heavy (non-hydrogen) atoms. The Hall–Kier alpha value is -1.51. The van der Waals surface area contributed by atoms with E-state index in [2.05, 4.69) is 4.90 Å². The minimum atomic E-state index is 0.228. The maximum atomic E-state index is 10.9. The minimum Gasteiger partial charge on any atom is -0.441 e. The molecule has 0 saturated carbocycles. The number of aldehydes is 1. The molecule has 3 heteroatoms. The Morgan fingerprint density at radius 1 is 1.28 bits per heavy atom. The molecule has 0 spiro atoms. The number of allylic oxidation sites excluding steroid dienone is 1. The first-order valence-electron chi connectivity index (χ1n) is 6.72. The van der Waals surface area contributed by atoms with Crippen LogP contribution >= 0.6 is 0 Å². The van der Waals surface area contributed by atoms with Crippen molar-refractivity contribution >= 4 is 18.2 Å². The van der Waals surface area contributed by atoms with Gasteiger partial charge in [-0.05, 0) is 42.9 Å². The fourth-order valence-electron chi connectivity index (χ4n) is 2.21. The molecule has 1 aromatic heterocycles. The van der Waals surface area contributed by atoms with Crippen molar-refractivity contribution < 1.29 is 9.21 Å².